The minimum Gasteiger partial charge on any atom is -0.497 e. The molecular formula is C21H18FN3O4S. The SMILES string of the molecule is COc1cc(OC)cc(C(=O)N2CCS/C2=C/c2nc(-c3ccccc3F)no2)c1. The Balaban J connectivity index is 1.61. The Hall–Kier alpha value is -3.33. The first-order chi connectivity index (χ1) is 14.6. The van der Waals surface area contributed by atoms with Gasteiger partial charge in [-0.1, -0.05) is 17.3 Å². The Kier molecular flexibility index (Phi) is 5.71. The second-order valence-electron chi connectivity index (χ2n) is 6.33. The molecule has 9 heteroatoms. The molecular weight excluding hydrogens is 409 g/mol. The first-order valence-corrected chi connectivity index (χ1v) is 10.1. The zero-order chi connectivity index (χ0) is 21.1. The van der Waals surface area contributed by atoms with Gasteiger partial charge in [0, 0.05) is 30.0 Å². The van der Waals surface area contributed by atoms with Crippen LogP contribution in [0.5, 0.6) is 11.5 Å². The molecule has 1 aliphatic heterocycles. The summed E-state index contributed by atoms with van der Waals surface area (Å²) < 4.78 is 29.7. The molecule has 3 aromatic rings. The van der Waals surface area contributed by atoms with Crippen LogP contribution in [0.1, 0.15) is 16.2 Å². The first-order valence-electron chi connectivity index (χ1n) is 9.07. The maximum absolute atomic E-state index is 14.0. The summed E-state index contributed by atoms with van der Waals surface area (Å²) in [6.45, 7) is 0.531. The highest BCUT2D eigenvalue weighted by molar-refractivity contribution is 8.03. The molecule has 7 nitrogen and oxygen atoms in total. The van der Waals surface area contributed by atoms with Crippen molar-refractivity contribution >= 4 is 23.7 Å². The molecule has 1 aliphatic rings. The molecule has 0 atom stereocenters. The molecule has 0 radical (unpaired) electrons. The Bertz CT molecular complexity index is 1090. The number of hydrogen-bond acceptors (Lipinski definition) is 7. The van der Waals surface area contributed by atoms with Gasteiger partial charge < -0.3 is 18.9 Å². The number of halogens is 1. The van der Waals surface area contributed by atoms with Crippen molar-refractivity contribution in [1.29, 1.82) is 0 Å². The largest absolute Gasteiger partial charge is 0.497 e. The summed E-state index contributed by atoms with van der Waals surface area (Å²) >= 11 is 1.50. The third kappa shape index (κ3) is 4.02. The van der Waals surface area contributed by atoms with Crippen molar-refractivity contribution in [2.75, 3.05) is 26.5 Å². The molecule has 0 saturated carbocycles. The van der Waals surface area contributed by atoms with E-state index in [1.54, 1.807) is 47.4 Å². The number of benzene rings is 2. The fourth-order valence-electron chi connectivity index (χ4n) is 2.99. The number of amides is 1. The summed E-state index contributed by atoms with van der Waals surface area (Å²) in [6.07, 6.45) is 1.63. The lowest BCUT2D eigenvalue weighted by Crippen LogP contribution is -2.26. The highest BCUT2D eigenvalue weighted by atomic mass is 32.2. The second-order valence-corrected chi connectivity index (χ2v) is 7.44. The van der Waals surface area contributed by atoms with Crippen LogP contribution in [0.3, 0.4) is 0 Å². The van der Waals surface area contributed by atoms with Crippen molar-refractivity contribution < 1.29 is 23.2 Å². The summed E-state index contributed by atoms with van der Waals surface area (Å²) in [5.74, 6) is 1.50. The van der Waals surface area contributed by atoms with Crippen molar-refractivity contribution in [3.8, 4) is 22.9 Å². The first kappa shape index (κ1) is 20.0. The molecule has 0 N–H and O–H groups in total. The van der Waals surface area contributed by atoms with Crippen LogP contribution in [0.2, 0.25) is 0 Å². The number of thioether (sulfide) groups is 1. The smallest absolute Gasteiger partial charge is 0.258 e. The lowest BCUT2D eigenvalue weighted by atomic mass is 10.1. The van der Waals surface area contributed by atoms with Gasteiger partial charge in [-0.05, 0) is 24.3 Å². The maximum Gasteiger partial charge on any atom is 0.258 e. The van der Waals surface area contributed by atoms with Crippen LogP contribution in [0, 0.1) is 5.82 Å². The van der Waals surface area contributed by atoms with E-state index >= 15 is 0 Å². The van der Waals surface area contributed by atoms with Gasteiger partial charge in [0.2, 0.25) is 5.82 Å². The summed E-state index contributed by atoms with van der Waals surface area (Å²) in [5.41, 5.74) is 0.693. The minimum absolute atomic E-state index is 0.151. The summed E-state index contributed by atoms with van der Waals surface area (Å²) in [4.78, 5) is 19.0. The number of aromatic nitrogens is 2. The van der Waals surface area contributed by atoms with Crippen LogP contribution < -0.4 is 9.47 Å². The molecule has 30 heavy (non-hydrogen) atoms. The summed E-state index contributed by atoms with van der Waals surface area (Å²) in [7, 11) is 3.06. The Morgan fingerprint density at radius 1 is 1.20 bits per heavy atom. The Morgan fingerprint density at radius 3 is 2.63 bits per heavy atom. The molecule has 4 rings (SSSR count). The monoisotopic (exact) mass is 427 g/mol. The number of hydrogen-bond donors (Lipinski definition) is 0. The number of rotatable bonds is 5. The van der Waals surface area contributed by atoms with Gasteiger partial charge in [0.1, 0.15) is 17.3 Å². The van der Waals surface area contributed by atoms with Crippen LogP contribution >= 0.6 is 11.8 Å². The van der Waals surface area contributed by atoms with E-state index in [4.69, 9.17) is 14.0 Å². The minimum atomic E-state index is -0.434. The molecule has 0 unspecified atom stereocenters. The van der Waals surface area contributed by atoms with E-state index in [0.29, 0.717) is 28.6 Å². The van der Waals surface area contributed by atoms with E-state index in [0.717, 1.165) is 5.75 Å². The average Bonchev–Trinajstić information content (AvgIpc) is 3.43. The van der Waals surface area contributed by atoms with Gasteiger partial charge >= 0.3 is 0 Å². The molecule has 1 aromatic heterocycles. The van der Waals surface area contributed by atoms with E-state index < -0.39 is 5.82 Å². The van der Waals surface area contributed by atoms with Gasteiger partial charge in [-0.15, -0.1) is 11.8 Å². The predicted octanol–water partition coefficient (Wildman–Crippen LogP) is 4.08. The van der Waals surface area contributed by atoms with E-state index in [1.165, 1.54) is 32.0 Å². The molecule has 0 bridgehead atoms. The van der Waals surface area contributed by atoms with Crippen LogP contribution in [0.25, 0.3) is 17.5 Å². The Morgan fingerprint density at radius 2 is 1.93 bits per heavy atom. The zero-order valence-corrected chi connectivity index (χ0v) is 17.1. The molecule has 0 spiro atoms. The molecule has 1 amide bonds. The van der Waals surface area contributed by atoms with Crippen LogP contribution in [0.4, 0.5) is 4.39 Å². The van der Waals surface area contributed by atoms with Gasteiger partial charge in [-0.3, -0.25) is 4.79 Å². The normalized spacial score (nSPS) is 14.9. The van der Waals surface area contributed by atoms with E-state index in [-0.39, 0.29) is 23.2 Å². The second kappa shape index (κ2) is 8.58. The molecule has 1 saturated heterocycles. The van der Waals surface area contributed by atoms with E-state index in [9.17, 15) is 9.18 Å². The van der Waals surface area contributed by atoms with Gasteiger partial charge in [-0.25, -0.2) is 4.39 Å². The molecule has 0 aliphatic carbocycles. The third-order valence-electron chi connectivity index (χ3n) is 4.48. The van der Waals surface area contributed by atoms with Crippen molar-refractivity contribution in [3.05, 3.63) is 64.8 Å². The maximum atomic E-state index is 14.0. The van der Waals surface area contributed by atoms with E-state index in [2.05, 4.69) is 10.1 Å². The fourth-order valence-corrected chi connectivity index (χ4v) is 3.99. The highest BCUT2D eigenvalue weighted by Gasteiger charge is 2.27. The van der Waals surface area contributed by atoms with Gasteiger partial charge in [0.05, 0.1) is 24.8 Å². The number of methoxy groups -OCH3 is 2. The molecule has 2 aromatic carbocycles. The van der Waals surface area contributed by atoms with Crippen molar-refractivity contribution in [1.82, 2.24) is 15.0 Å². The summed E-state index contributed by atoms with van der Waals surface area (Å²) in [6, 6.07) is 11.2. The highest BCUT2D eigenvalue weighted by Crippen LogP contribution is 2.33. The van der Waals surface area contributed by atoms with Crippen LogP contribution in [-0.2, 0) is 0 Å². The number of carbonyl (C=O) groups excluding carboxylic acids is 1. The topological polar surface area (TPSA) is 77.7 Å². The van der Waals surface area contributed by atoms with Crippen molar-refractivity contribution in [2.45, 2.75) is 0 Å². The van der Waals surface area contributed by atoms with E-state index in [1.807, 2.05) is 0 Å². The van der Waals surface area contributed by atoms with Crippen LogP contribution in [0.15, 0.2) is 52.0 Å². The number of carbonyl (C=O) groups is 1. The van der Waals surface area contributed by atoms with Crippen LogP contribution in [-0.4, -0.2) is 47.5 Å². The molecule has 2 heterocycles. The summed E-state index contributed by atoms with van der Waals surface area (Å²) in [5, 5.41) is 4.52. The third-order valence-corrected chi connectivity index (χ3v) is 5.50. The van der Waals surface area contributed by atoms with Gasteiger partial charge in [0.25, 0.3) is 11.8 Å². The van der Waals surface area contributed by atoms with Crippen molar-refractivity contribution in [3.63, 3.8) is 0 Å². The lowest BCUT2D eigenvalue weighted by Gasteiger charge is -2.17. The Labute approximate surface area is 176 Å². The average molecular weight is 427 g/mol. The quantitative estimate of drug-likeness (QED) is 0.607. The molecule has 154 valence electrons. The zero-order valence-electron chi connectivity index (χ0n) is 16.3. The number of nitrogens with zero attached hydrogens (tertiary/aromatic N) is 3. The predicted molar refractivity (Wildman–Crippen MR) is 111 cm³/mol. The fraction of sp³-hybridized carbons (Fsp3) is 0.190. The number of ether oxygens (including phenoxy) is 2. The standard InChI is InChI=1S/C21H18FN3O4S/c1-27-14-9-13(10-15(11-14)28-2)21(26)25-7-8-30-19(25)12-18-23-20(24-29-18)16-5-3-4-6-17(16)22/h3-6,9-12H,7-8H2,1-2H3/b19-12+. The van der Waals surface area contributed by atoms with Crippen molar-refractivity contribution in [2.24, 2.45) is 0 Å². The van der Waals surface area contributed by atoms with Gasteiger partial charge in [0.15, 0.2) is 0 Å². The molecule has 1 fully saturated rings. The lowest BCUT2D eigenvalue weighted by molar-refractivity contribution is 0.0830. The van der Waals surface area contributed by atoms with Gasteiger partial charge in [-0.2, -0.15) is 4.98 Å².